The van der Waals surface area contributed by atoms with Crippen molar-refractivity contribution in [2.45, 2.75) is 13.2 Å². The van der Waals surface area contributed by atoms with E-state index in [-0.39, 0.29) is 18.7 Å². The molecule has 0 aliphatic carbocycles. The van der Waals surface area contributed by atoms with Gasteiger partial charge in [0, 0.05) is 12.4 Å². The number of carbonyl (C=O) groups is 1. The molecule has 0 aliphatic heterocycles. The van der Waals surface area contributed by atoms with Crippen LogP contribution in [0.25, 0.3) is 16.7 Å². The average Bonchev–Trinajstić information content (AvgIpc) is 3.24. The minimum absolute atomic E-state index is 0.135. The summed E-state index contributed by atoms with van der Waals surface area (Å²) in [4.78, 5) is 28.4. The highest BCUT2D eigenvalue weighted by molar-refractivity contribution is 5.77. The van der Waals surface area contributed by atoms with Crippen LogP contribution in [0, 0.1) is 0 Å². The normalized spacial score (nSPS) is 10.8. The minimum atomic E-state index is -0.482. The lowest BCUT2D eigenvalue weighted by Gasteiger charge is -2.10. The second-order valence-corrected chi connectivity index (χ2v) is 5.95. The molecule has 134 valence electrons. The van der Waals surface area contributed by atoms with Crippen molar-refractivity contribution in [3.63, 3.8) is 0 Å². The number of esters is 1. The lowest BCUT2D eigenvalue weighted by molar-refractivity contribution is -0.145. The van der Waals surface area contributed by atoms with E-state index in [0.717, 1.165) is 11.3 Å². The topological polar surface area (TPSA) is 79.0 Å². The highest BCUT2D eigenvalue weighted by atomic mass is 16.5. The molecule has 2 aromatic heterocycles. The Balaban J connectivity index is 1.43. The van der Waals surface area contributed by atoms with Gasteiger partial charge < -0.3 is 4.74 Å². The number of hydrogen-bond acceptors (Lipinski definition) is 5. The van der Waals surface area contributed by atoms with Crippen LogP contribution in [0.15, 0.2) is 78.0 Å². The SMILES string of the molecule is O=C(Cn1c(=O)cnc2ccccc21)OCc1ccc(-n2cccn2)cc1. The Morgan fingerprint density at radius 3 is 2.63 bits per heavy atom. The van der Waals surface area contributed by atoms with Crippen molar-refractivity contribution in [2.24, 2.45) is 0 Å². The molecule has 0 saturated carbocycles. The Labute approximate surface area is 154 Å². The standard InChI is InChI=1S/C20H16N4O3/c25-19-12-21-17-4-1-2-5-18(17)23(19)13-20(26)27-14-15-6-8-16(9-7-15)24-11-3-10-22-24/h1-12H,13-14H2. The zero-order valence-electron chi connectivity index (χ0n) is 14.4. The minimum Gasteiger partial charge on any atom is -0.459 e. The van der Waals surface area contributed by atoms with E-state index in [1.807, 2.05) is 42.6 Å². The molecule has 7 heteroatoms. The highest BCUT2D eigenvalue weighted by Crippen LogP contribution is 2.11. The van der Waals surface area contributed by atoms with Gasteiger partial charge in [-0.05, 0) is 35.9 Å². The number of fused-ring (bicyclic) bond motifs is 1. The molecular weight excluding hydrogens is 344 g/mol. The van der Waals surface area contributed by atoms with Gasteiger partial charge in [-0.15, -0.1) is 0 Å². The summed E-state index contributed by atoms with van der Waals surface area (Å²) in [6, 6.07) is 16.6. The van der Waals surface area contributed by atoms with Crippen LogP contribution >= 0.6 is 0 Å². The van der Waals surface area contributed by atoms with E-state index in [0.29, 0.717) is 11.0 Å². The lowest BCUT2D eigenvalue weighted by atomic mass is 10.2. The number of aromatic nitrogens is 4. The summed E-state index contributed by atoms with van der Waals surface area (Å²) in [6.45, 7) is -0.0246. The summed E-state index contributed by atoms with van der Waals surface area (Å²) in [6.07, 6.45) is 4.77. The number of rotatable bonds is 5. The molecular formula is C20H16N4O3. The molecule has 0 fully saturated rings. The van der Waals surface area contributed by atoms with E-state index in [9.17, 15) is 9.59 Å². The third-order valence-corrected chi connectivity index (χ3v) is 4.14. The molecule has 0 bridgehead atoms. The van der Waals surface area contributed by atoms with Gasteiger partial charge in [-0.2, -0.15) is 5.10 Å². The van der Waals surface area contributed by atoms with Crippen LogP contribution in [-0.4, -0.2) is 25.3 Å². The van der Waals surface area contributed by atoms with Crippen molar-refractivity contribution in [3.05, 3.63) is 89.1 Å². The Bertz CT molecular complexity index is 1130. The van der Waals surface area contributed by atoms with Crippen LogP contribution in [-0.2, 0) is 22.7 Å². The van der Waals surface area contributed by atoms with Crippen LogP contribution in [0.5, 0.6) is 0 Å². The first kappa shape index (κ1) is 16.7. The third-order valence-electron chi connectivity index (χ3n) is 4.14. The fraction of sp³-hybridized carbons (Fsp3) is 0.100. The number of para-hydroxylation sites is 2. The van der Waals surface area contributed by atoms with Gasteiger partial charge in [-0.25, -0.2) is 9.67 Å². The summed E-state index contributed by atoms with van der Waals surface area (Å²) in [5.74, 6) is -0.482. The molecule has 0 spiro atoms. The predicted octanol–water partition coefficient (Wildman–Crippen LogP) is 2.33. The molecule has 4 aromatic rings. The monoisotopic (exact) mass is 360 g/mol. The van der Waals surface area contributed by atoms with E-state index in [1.165, 1.54) is 10.8 Å². The van der Waals surface area contributed by atoms with Gasteiger partial charge in [0.2, 0.25) is 0 Å². The second kappa shape index (κ2) is 7.25. The summed E-state index contributed by atoms with van der Waals surface area (Å²) >= 11 is 0. The average molecular weight is 360 g/mol. The molecule has 0 atom stereocenters. The van der Waals surface area contributed by atoms with Gasteiger partial charge in [0.05, 0.1) is 22.9 Å². The number of carbonyl (C=O) groups excluding carboxylic acids is 1. The molecule has 4 rings (SSSR count). The van der Waals surface area contributed by atoms with E-state index in [2.05, 4.69) is 10.1 Å². The first-order valence-corrected chi connectivity index (χ1v) is 8.40. The Morgan fingerprint density at radius 1 is 1.04 bits per heavy atom. The molecule has 0 N–H and O–H groups in total. The maximum absolute atomic E-state index is 12.2. The van der Waals surface area contributed by atoms with E-state index >= 15 is 0 Å². The summed E-state index contributed by atoms with van der Waals surface area (Å²) in [5.41, 5.74) is 2.69. The van der Waals surface area contributed by atoms with Gasteiger partial charge in [-0.3, -0.25) is 14.2 Å². The fourth-order valence-electron chi connectivity index (χ4n) is 2.78. The second-order valence-electron chi connectivity index (χ2n) is 5.95. The summed E-state index contributed by atoms with van der Waals surface area (Å²) in [7, 11) is 0. The Morgan fingerprint density at radius 2 is 1.85 bits per heavy atom. The third kappa shape index (κ3) is 3.62. The quantitative estimate of drug-likeness (QED) is 0.511. The van der Waals surface area contributed by atoms with Crippen molar-refractivity contribution in [1.82, 2.24) is 19.3 Å². The van der Waals surface area contributed by atoms with Crippen LogP contribution in [0.2, 0.25) is 0 Å². The molecule has 0 aliphatic rings. The zero-order chi connectivity index (χ0) is 18.6. The van der Waals surface area contributed by atoms with Crippen LogP contribution < -0.4 is 5.56 Å². The fourth-order valence-corrected chi connectivity index (χ4v) is 2.78. The lowest BCUT2D eigenvalue weighted by Crippen LogP contribution is -2.25. The van der Waals surface area contributed by atoms with Crippen molar-refractivity contribution < 1.29 is 9.53 Å². The number of benzene rings is 2. The number of nitrogens with zero attached hydrogens (tertiary/aromatic N) is 4. The summed E-state index contributed by atoms with van der Waals surface area (Å²) < 4.78 is 8.44. The maximum Gasteiger partial charge on any atom is 0.326 e. The van der Waals surface area contributed by atoms with Crippen LogP contribution in [0.3, 0.4) is 0 Å². The molecule has 0 saturated heterocycles. The van der Waals surface area contributed by atoms with Crippen molar-refractivity contribution in [2.75, 3.05) is 0 Å². The first-order chi connectivity index (χ1) is 13.2. The number of ether oxygens (including phenoxy) is 1. The van der Waals surface area contributed by atoms with Crippen molar-refractivity contribution >= 4 is 17.0 Å². The Hall–Kier alpha value is -3.74. The van der Waals surface area contributed by atoms with Gasteiger partial charge in [0.1, 0.15) is 13.2 Å². The zero-order valence-corrected chi connectivity index (χ0v) is 14.4. The van der Waals surface area contributed by atoms with Gasteiger partial charge in [0.25, 0.3) is 5.56 Å². The molecule has 0 amide bonds. The van der Waals surface area contributed by atoms with Gasteiger partial charge in [-0.1, -0.05) is 24.3 Å². The smallest absolute Gasteiger partial charge is 0.326 e. The molecule has 0 radical (unpaired) electrons. The van der Waals surface area contributed by atoms with Crippen molar-refractivity contribution in [3.8, 4) is 5.69 Å². The van der Waals surface area contributed by atoms with Crippen LogP contribution in [0.4, 0.5) is 0 Å². The first-order valence-electron chi connectivity index (χ1n) is 8.40. The molecule has 2 aromatic carbocycles. The summed E-state index contributed by atoms with van der Waals surface area (Å²) in [5, 5.41) is 4.16. The maximum atomic E-state index is 12.2. The predicted molar refractivity (Wildman–Crippen MR) is 99.4 cm³/mol. The van der Waals surface area contributed by atoms with E-state index < -0.39 is 5.97 Å². The van der Waals surface area contributed by atoms with E-state index in [1.54, 1.807) is 29.1 Å². The number of hydrogen-bond donors (Lipinski definition) is 0. The highest BCUT2D eigenvalue weighted by Gasteiger charge is 2.10. The molecule has 0 unspecified atom stereocenters. The van der Waals surface area contributed by atoms with Crippen LogP contribution in [0.1, 0.15) is 5.56 Å². The van der Waals surface area contributed by atoms with E-state index in [4.69, 9.17) is 4.74 Å². The van der Waals surface area contributed by atoms with Gasteiger partial charge >= 0.3 is 5.97 Å². The molecule has 2 heterocycles. The molecule has 7 nitrogen and oxygen atoms in total. The Kier molecular flexibility index (Phi) is 4.49. The largest absolute Gasteiger partial charge is 0.459 e. The van der Waals surface area contributed by atoms with Crippen molar-refractivity contribution in [1.29, 1.82) is 0 Å². The molecule has 27 heavy (non-hydrogen) atoms. The van der Waals surface area contributed by atoms with Gasteiger partial charge in [0.15, 0.2) is 0 Å².